The number of thiazole rings is 1. The van der Waals surface area contributed by atoms with Crippen LogP contribution in [0, 0.1) is 0 Å². The summed E-state index contributed by atoms with van der Waals surface area (Å²) in [4.78, 5) is 5.73. The van der Waals surface area contributed by atoms with Crippen molar-refractivity contribution in [1.29, 1.82) is 0 Å². The first-order valence-corrected chi connectivity index (χ1v) is 6.35. The average molecular weight is 235 g/mol. The smallest absolute Gasteiger partial charge is 0.107 e. The third kappa shape index (κ3) is 2.71. The lowest BCUT2D eigenvalue weighted by Gasteiger charge is -2.03. The highest BCUT2D eigenvalue weighted by Crippen LogP contribution is 2.13. The van der Waals surface area contributed by atoms with E-state index in [1.54, 1.807) is 11.3 Å². The van der Waals surface area contributed by atoms with Crippen LogP contribution in [0.3, 0.4) is 0 Å². The lowest BCUT2D eigenvalue weighted by Crippen LogP contribution is -2.14. The fourth-order valence-electron chi connectivity index (χ4n) is 1.57. The molecule has 0 amide bonds. The summed E-state index contributed by atoms with van der Waals surface area (Å²) in [6.07, 6.45) is 5.12. The highest BCUT2D eigenvalue weighted by molar-refractivity contribution is 7.11. The predicted molar refractivity (Wildman–Crippen MR) is 67.4 cm³/mol. The summed E-state index contributed by atoms with van der Waals surface area (Å²) in [6, 6.07) is 4.20. The van der Waals surface area contributed by atoms with E-state index in [9.17, 15) is 0 Å². The van der Waals surface area contributed by atoms with Gasteiger partial charge in [0, 0.05) is 43.1 Å². The second-order valence-corrected chi connectivity index (χ2v) is 4.99. The van der Waals surface area contributed by atoms with Gasteiger partial charge in [-0.1, -0.05) is 6.92 Å². The van der Waals surface area contributed by atoms with Crippen molar-refractivity contribution in [2.45, 2.75) is 26.4 Å². The van der Waals surface area contributed by atoms with Crippen LogP contribution >= 0.6 is 11.3 Å². The van der Waals surface area contributed by atoms with Gasteiger partial charge in [0.2, 0.25) is 0 Å². The molecule has 0 saturated carbocycles. The van der Waals surface area contributed by atoms with Gasteiger partial charge in [-0.25, -0.2) is 4.98 Å². The zero-order valence-corrected chi connectivity index (χ0v) is 10.5. The first-order chi connectivity index (χ1) is 7.79. The largest absolute Gasteiger partial charge is 0.353 e. The molecule has 0 aliphatic rings. The number of hydrogen-bond donors (Lipinski definition) is 1. The van der Waals surface area contributed by atoms with Gasteiger partial charge in [0.05, 0.1) is 0 Å². The number of nitrogens with one attached hydrogen (secondary N) is 1. The van der Waals surface area contributed by atoms with Crippen LogP contribution in [0.25, 0.3) is 0 Å². The van der Waals surface area contributed by atoms with Crippen LogP contribution < -0.4 is 5.32 Å². The SMILES string of the molecule is CCc1cnc(CNCc2cccn2C)s1. The maximum atomic E-state index is 4.38. The molecule has 0 unspecified atom stereocenters. The van der Waals surface area contributed by atoms with E-state index in [-0.39, 0.29) is 0 Å². The third-order valence-electron chi connectivity index (χ3n) is 2.58. The van der Waals surface area contributed by atoms with Gasteiger partial charge in [-0.2, -0.15) is 0 Å². The summed E-state index contributed by atoms with van der Waals surface area (Å²) in [7, 11) is 2.07. The second kappa shape index (κ2) is 5.27. The Labute approximate surface area is 100 Å². The fourth-order valence-corrected chi connectivity index (χ4v) is 2.40. The quantitative estimate of drug-likeness (QED) is 0.862. The zero-order valence-electron chi connectivity index (χ0n) is 9.73. The minimum atomic E-state index is 0.857. The molecule has 0 saturated heterocycles. The van der Waals surface area contributed by atoms with Crippen LogP contribution in [0.4, 0.5) is 0 Å². The van der Waals surface area contributed by atoms with Crippen molar-refractivity contribution in [2.24, 2.45) is 7.05 Å². The lowest BCUT2D eigenvalue weighted by molar-refractivity contribution is 0.653. The second-order valence-electron chi connectivity index (χ2n) is 3.79. The first kappa shape index (κ1) is 11.4. The number of rotatable bonds is 5. The van der Waals surface area contributed by atoms with Crippen LogP contribution in [0.5, 0.6) is 0 Å². The Hall–Kier alpha value is -1.13. The van der Waals surface area contributed by atoms with Gasteiger partial charge in [0.15, 0.2) is 0 Å². The lowest BCUT2D eigenvalue weighted by atomic mass is 10.4. The molecule has 2 aromatic heterocycles. The van der Waals surface area contributed by atoms with Gasteiger partial charge in [-0.05, 0) is 18.6 Å². The molecule has 4 heteroatoms. The van der Waals surface area contributed by atoms with Crippen LogP contribution in [-0.2, 0) is 26.6 Å². The molecule has 2 rings (SSSR count). The van der Waals surface area contributed by atoms with Gasteiger partial charge in [-0.3, -0.25) is 0 Å². The molecule has 3 nitrogen and oxygen atoms in total. The maximum Gasteiger partial charge on any atom is 0.107 e. The molecule has 0 fully saturated rings. The molecule has 2 heterocycles. The van der Waals surface area contributed by atoms with E-state index in [4.69, 9.17) is 0 Å². The van der Waals surface area contributed by atoms with E-state index in [0.717, 1.165) is 19.5 Å². The van der Waals surface area contributed by atoms with Gasteiger partial charge in [0.1, 0.15) is 5.01 Å². The van der Waals surface area contributed by atoms with Crippen molar-refractivity contribution in [2.75, 3.05) is 0 Å². The molecule has 0 aliphatic carbocycles. The molecule has 86 valence electrons. The first-order valence-electron chi connectivity index (χ1n) is 5.54. The Kier molecular flexibility index (Phi) is 3.74. The van der Waals surface area contributed by atoms with Crippen molar-refractivity contribution in [3.63, 3.8) is 0 Å². The minimum Gasteiger partial charge on any atom is -0.353 e. The minimum absolute atomic E-state index is 0.857. The molecule has 0 bridgehead atoms. The van der Waals surface area contributed by atoms with E-state index in [1.807, 2.05) is 6.20 Å². The average Bonchev–Trinajstić information content (AvgIpc) is 2.89. The number of nitrogens with zero attached hydrogens (tertiary/aromatic N) is 2. The summed E-state index contributed by atoms with van der Waals surface area (Å²) in [5, 5.41) is 4.58. The summed E-state index contributed by atoms with van der Waals surface area (Å²) < 4.78 is 2.13. The fraction of sp³-hybridized carbons (Fsp3) is 0.417. The Morgan fingerprint density at radius 1 is 1.44 bits per heavy atom. The van der Waals surface area contributed by atoms with Crippen LogP contribution in [0.2, 0.25) is 0 Å². The molecule has 0 atom stereocenters. The summed E-state index contributed by atoms with van der Waals surface area (Å²) in [6.45, 7) is 3.91. The van der Waals surface area contributed by atoms with E-state index >= 15 is 0 Å². The molecule has 0 aromatic carbocycles. The van der Waals surface area contributed by atoms with Crippen molar-refractivity contribution >= 4 is 11.3 Å². The highest BCUT2D eigenvalue weighted by Gasteiger charge is 2.01. The van der Waals surface area contributed by atoms with Gasteiger partial charge >= 0.3 is 0 Å². The molecule has 2 aromatic rings. The van der Waals surface area contributed by atoms with Crippen LogP contribution in [0.1, 0.15) is 22.5 Å². The standard InChI is InChI=1S/C12H17N3S/c1-3-11-8-14-12(16-11)9-13-7-10-5-4-6-15(10)2/h4-6,8,13H,3,7,9H2,1-2H3. The van der Waals surface area contributed by atoms with Crippen molar-refractivity contribution in [1.82, 2.24) is 14.9 Å². The van der Waals surface area contributed by atoms with E-state index in [0.29, 0.717) is 0 Å². The molecule has 0 radical (unpaired) electrons. The van der Waals surface area contributed by atoms with E-state index in [2.05, 4.69) is 47.2 Å². The number of aryl methyl sites for hydroxylation is 2. The van der Waals surface area contributed by atoms with Gasteiger partial charge < -0.3 is 9.88 Å². The van der Waals surface area contributed by atoms with E-state index in [1.165, 1.54) is 15.6 Å². The molecular formula is C12H17N3S. The predicted octanol–water partition coefficient (Wildman–Crippen LogP) is 2.33. The van der Waals surface area contributed by atoms with Crippen molar-refractivity contribution in [3.05, 3.63) is 40.1 Å². The van der Waals surface area contributed by atoms with E-state index < -0.39 is 0 Å². The Bertz CT molecular complexity index is 445. The monoisotopic (exact) mass is 235 g/mol. The summed E-state index contributed by atoms with van der Waals surface area (Å²) >= 11 is 1.79. The Morgan fingerprint density at radius 3 is 2.94 bits per heavy atom. The summed E-state index contributed by atoms with van der Waals surface area (Å²) in [5.41, 5.74) is 1.30. The Morgan fingerprint density at radius 2 is 2.31 bits per heavy atom. The maximum absolute atomic E-state index is 4.38. The van der Waals surface area contributed by atoms with Crippen LogP contribution in [0.15, 0.2) is 24.5 Å². The van der Waals surface area contributed by atoms with Gasteiger partial charge in [-0.15, -0.1) is 11.3 Å². The Balaban J connectivity index is 1.82. The molecular weight excluding hydrogens is 218 g/mol. The topological polar surface area (TPSA) is 29.9 Å². The van der Waals surface area contributed by atoms with Crippen molar-refractivity contribution < 1.29 is 0 Å². The van der Waals surface area contributed by atoms with Crippen molar-refractivity contribution in [3.8, 4) is 0 Å². The summed E-state index contributed by atoms with van der Waals surface area (Å²) in [5.74, 6) is 0. The molecule has 0 spiro atoms. The molecule has 1 N–H and O–H groups in total. The molecule has 16 heavy (non-hydrogen) atoms. The normalized spacial score (nSPS) is 10.9. The molecule has 0 aliphatic heterocycles. The van der Waals surface area contributed by atoms with Crippen LogP contribution in [-0.4, -0.2) is 9.55 Å². The third-order valence-corrected chi connectivity index (χ3v) is 3.73. The zero-order chi connectivity index (χ0) is 11.4. The number of aromatic nitrogens is 2. The van der Waals surface area contributed by atoms with Gasteiger partial charge in [0.25, 0.3) is 0 Å². The number of hydrogen-bond acceptors (Lipinski definition) is 3. The highest BCUT2D eigenvalue weighted by atomic mass is 32.1.